The van der Waals surface area contributed by atoms with Crippen LogP contribution in [0.15, 0.2) is 79.4 Å². The molecular weight excluding hydrogens is 406 g/mol. The SMILES string of the molecule is Cc1cccn2cc(COc3cccc(C(=O)Nc4ccc(-n5cnnn5)cc4)c3)nc12. The molecule has 1 amide bonds. The number of benzene rings is 2. The van der Waals surface area contributed by atoms with Gasteiger partial charge in [0.15, 0.2) is 0 Å². The summed E-state index contributed by atoms with van der Waals surface area (Å²) in [5.41, 5.74) is 4.78. The van der Waals surface area contributed by atoms with E-state index in [0.29, 0.717) is 23.6 Å². The third-order valence-electron chi connectivity index (χ3n) is 4.95. The van der Waals surface area contributed by atoms with E-state index in [0.717, 1.165) is 22.6 Å². The fourth-order valence-corrected chi connectivity index (χ4v) is 3.34. The Labute approximate surface area is 183 Å². The van der Waals surface area contributed by atoms with E-state index in [2.05, 4.69) is 25.8 Å². The van der Waals surface area contributed by atoms with Crippen LogP contribution in [0.25, 0.3) is 11.3 Å². The summed E-state index contributed by atoms with van der Waals surface area (Å²) in [4.78, 5) is 17.3. The van der Waals surface area contributed by atoms with E-state index in [9.17, 15) is 4.79 Å². The Bertz CT molecular complexity index is 1380. The Balaban J connectivity index is 1.24. The number of fused-ring (bicyclic) bond motifs is 1. The summed E-state index contributed by atoms with van der Waals surface area (Å²) in [6, 6.07) is 18.3. The van der Waals surface area contributed by atoms with Gasteiger partial charge in [0, 0.05) is 23.6 Å². The molecule has 0 aliphatic rings. The van der Waals surface area contributed by atoms with Crippen LogP contribution in [-0.4, -0.2) is 35.5 Å². The highest BCUT2D eigenvalue weighted by molar-refractivity contribution is 6.04. The number of hydrogen-bond acceptors (Lipinski definition) is 6. The summed E-state index contributed by atoms with van der Waals surface area (Å²) < 4.78 is 9.40. The van der Waals surface area contributed by atoms with Gasteiger partial charge in [0.2, 0.25) is 0 Å². The van der Waals surface area contributed by atoms with Crippen LogP contribution in [-0.2, 0) is 6.61 Å². The number of imidazole rings is 1. The number of ether oxygens (including phenoxy) is 1. The van der Waals surface area contributed by atoms with Crippen LogP contribution in [0.3, 0.4) is 0 Å². The van der Waals surface area contributed by atoms with Crippen molar-refractivity contribution < 1.29 is 9.53 Å². The third-order valence-corrected chi connectivity index (χ3v) is 4.95. The van der Waals surface area contributed by atoms with Crippen molar-refractivity contribution in [3.63, 3.8) is 0 Å². The molecule has 32 heavy (non-hydrogen) atoms. The van der Waals surface area contributed by atoms with Crippen LogP contribution in [0.5, 0.6) is 5.75 Å². The maximum absolute atomic E-state index is 12.7. The Kier molecular flexibility index (Phi) is 5.04. The molecule has 3 heterocycles. The second kappa shape index (κ2) is 8.31. The van der Waals surface area contributed by atoms with Crippen LogP contribution in [0.2, 0.25) is 0 Å². The van der Waals surface area contributed by atoms with Crippen LogP contribution < -0.4 is 10.1 Å². The van der Waals surface area contributed by atoms with Crippen molar-refractivity contribution in [3.05, 3.63) is 96.2 Å². The van der Waals surface area contributed by atoms with Crippen molar-refractivity contribution in [2.45, 2.75) is 13.5 Å². The molecule has 0 atom stereocenters. The van der Waals surface area contributed by atoms with E-state index in [1.807, 2.05) is 54.0 Å². The van der Waals surface area contributed by atoms with E-state index < -0.39 is 0 Å². The number of pyridine rings is 1. The van der Waals surface area contributed by atoms with E-state index >= 15 is 0 Å². The topological polar surface area (TPSA) is 99.2 Å². The maximum atomic E-state index is 12.7. The first-order valence-corrected chi connectivity index (χ1v) is 9.96. The predicted octanol–water partition coefficient (Wildman–Crippen LogP) is 3.45. The summed E-state index contributed by atoms with van der Waals surface area (Å²) in [5.74, 6) is 0.370. The molecule has 0 aliphatic heterocycles. The summed E-state index contributed by atoms with van der Waals surface area (Å²) in [7, 11) is 0. The largest absolute Gasteiger partial charge is 0.487 e. The summed E-state index contributed by atoms with van der Waals surface area (Å²) >= 11 is 0. The zero-order chi connectivity index (χ0) is 21.9. The highest BCUT2D eigenvalue weighted by Crippen LogP contribution is 2.18. The molecule has 1 N–H and O–H groups in total. The first-order valence-electron chi connectivity index (χ1n) is 9.96. The van der Waals surface area contributed by atoms with Crippen LogP contribution in [0, 0.1) is 6.92 Å². The molecule has 0 fully saturated rings. The van der Waals surface area contributed by atoms with Crippen LogP contribution in [0.4, 0.5) is 5.69 Å². The fraction of sp³-hybridized carbons (Fsp3) is 0.0870. The normalized spacial score (nSPS) is 10.9. The monoisotopic (exact) mass is 425 g/mol. The molecule has 0 aliphatic carbocycles. The highest BCUT2D eigenvalue weighted by Gasteiger charge is 2.09. The predicted molar refractivity (Wildman–Crippen MR) is 118 cm³/mol. The second-order valence-corrected chi connectivity index (χ2v) is 7.23. The highest BCUT2D eigenvalue weighted by atomic mass is 16.5. The lowest BCUT2D eigenvalue weighted by molar-refractivity contribution is 0.102. The Morgan fingerprint density at radius 1 is 1.09 bits per heavy atom. The van der Waals surface area contributed by atoms with Gasteiger partial charge in [-0.15, -0.1) is 5.10 Å². The van der Waals surface area contributed by atoms with Gasteiger partial charge in [-0.25, -0.2) is 9.67 Å². The van der Waals surface area contributed by atoms with Gasteiger partial charge in [0.05, 0.1) is 11.4 Å². The molecule has 0 spiro atoms. The zero-order valence-electron chi connectivity index (χ0n) is 17.2. The lowest BCUT2D eigenvalue weighted by Gasteiger charge is -2.09. The number of aryl methyl sites for hydroxylation is 1. The van der Waals surface area contributed by atoms with Crippen molar-refractivity contribution in [2.75, 3.05) is 5.32 Å². The van der Waals surface area contributed by atoms with Crippen LogP contribution in [0.1, 0.15) is 21.6 Å². The van der Waals surface area contributed by atoms with Crippen molar-refractivity contribution in [3.8, 4) is 11.4 Å². The van der Waals surface area contributed by atoms with Crippen molar-refractivity contribution in [2.24, 2.45) is 0 Å². The molecule has 0 saturated carbocycles. The molecule has 3 aromatic heterocycles. The van der Waals surface area contributed by atoms with Crippen molar-refractivity contribution >= 4 is 17.2 Å². The number of nitrogens with zero attached hydrogens (tertiary/aromatic N) is 6. The molecule has 0 saturated heterocycles. The van der Waals surface area contributed by atoms with Gasteiger partial charge in [0.25, 0.3) is 5.91 Å². The van der Waals surface area contributed by atoms with Gasteiger partial charge in [-0.3, -0.25) is 4.79 Å². The van der Waals surface area contributed by atoms with E-state index in [4.69, 9.17) is 4.74 Å². The number of amides is 1. The smallest absolute Gasteiger partial charge is 0.255 e. The number of hydrogen-bond donors (Lipinski definition) is 1. The Hall–Kier alpha value is -4.53. The number of tetrazole rings is 1. The third kappa shape index (κ3) is 4.04. The fourth-order valence-electron chi connectivity index (χ4n) is 3.34. The number of carbonyl (C=O) groups excluding carboxylic acids is 1. The summed E-state index contributed by atoms with van der Waals surface area (Å²) in [5, 5.41) is 13.9. The minimum Gasteiger partial charge on any atom is -0.487 e. The minimum atomic E-state index is -0.228. The number of anilines is 1. The first kappa shape index (κ1) is 19.4. The van der Waals surface area contributed by atoms with Gasteiger partial charge in [-0.05, 0) is 71.4 Å². The number of nitrogens with one attached hydrogen (secondary N) is 1. The second-order valence-electron chi connectivity index (χ2n) is 7.23. The lowest BCUT2D eigenvalue weighted by atomic mass is 10.2. The number of aromatic nitrogens is 6. The standard InChI is InChI=1S/C23H19N7O2/c1-16-4-3-11-29-13-19(25-22(16)29)14-32-21-6-2-5-17(12-21)23(31)26-18-7-9-20(10-8-18)30-15-24-27-28-30/h2-13,15H,14H2,1H3,(H,26,31). The summed E-state index contributed by atoms with van der Waals surface area (Å²) in [6.07, 6.45) is 5.41. The quantitative estimate of drug-likeness (QED) is 0.447. The lowest BCUT2D eigenvalue weighted by Crippen LogP contribution is -2.12. The molecule has 158 valence electrons. The molecule has 9 heteroatoms. The van der Waals surface area contributed by atoms with Crippen molar-refractivity contribution in [1.82, 2.24) is 29.6 Å². The number of rotatable bonds is 6. The molecule has 5 rings (SSSR count). The van der Waals surface area contributed by atoms with E-state index in [1.165, 1.54) is 11.0 Å². The van der Waals surface area contributed by atoms with Gasteiger partial charge >= 0.3 is 0 Å². The van der Waals surface area contributed by atoms with E-state index in [-0.39, 0.29) is 5.91 Å². The van der Waals surface area contributed by atoms with Crippen LogP contribution >= 0.6 is 0 Å². The first-order chi connectivity index (χ1) is 15.7. The molecule has 0 radical (unpaired) electrons. The molecule has 0 unspecified atom stereocenters. The Morgan fingerprint density at radius 2 is 1.97 bits per heavy atom. The van der Waals surface area contributed by atoms with Gasteiger partial charge in [-0.2, -0.15) is 0 Å². The molecule has 2 aromatic carbocycles. The van der Waals surface area contributed by atoms with Crippen molar-refractivity contribution in [1.29, 1.82) is 0 Å². The summed E-state index contributed by atoms with van der Waals surface area (Å²) in [6.45, 7) is 2.33. The Morgan fingerprint density at radius 3 is 2.75 bits per heavy atom. The van der Waals surface area contributed by atoms with Gasteiger partial charge < -0.3 is 14.5 Å². The maximum Gasteiger partial charge on any atom is 0.255 e. The molecule has 9 nitrogen and oxygen atoms in total. The van der Waals surface area contributed by atoms with E-state index in [1.54, 1.807) is 30.3 Å². The number of carbonyl (C=O) groups is 1. The molecule has 0 bridgehead atoms. The van der Waals surface area contributed by atoms with Gasteiger partial charge in [-0.1, -0.05) is 12.1 Å². The zero-order valence-corrected chi connectivity index (χ0v) is 17.2. The molecular formula is C23H19N7O2. The molecule has 5 aromatic rings. The average molecular weight is 425 g/mol. The minimum absolute atomic E-state index is 0.228. The van der Waals surface area contributed by atoms with Gasteiger partial charge in [0.1, 0.15) is 24.3 Å². The average Bonchev–Trinajstić information content (AvgIpc) is 3.49.